The summed E-state index contributed by atoms with van der Waals surface area (Å²) >= 11 is 0. The Labute approximate surface area is 216 Å². The summed E-state index contributed by atoms with van der Waals surface area (Å²) in [6.45, 7) is 6.07. The molecule has 4 rings (SSSR count). The van der Waals surface area contributed by atoms with Gasteiger partial charge in [0, 0.05) is 32.9 Å². The van der Waals surface area contributed by atoms with Crippen LogP contribution in [0, 0.1) is 20.8 Å². The second kappa shape index (κ2) is 10.9. The van der Waals surface area contributed by atoms with E-state index in [1.807, 2.05) is 57.2 Å². The minimum atomic E-state index is -0.743. The molecule has 0 radical (unpaired) electrons. The van der Waals surface area contributed by atoms with Crippen LogP contribution in [0.25, 0.3) is 5.69 Å². The third kappa shape index (κ3) is 5.51. The fourth-order valence-electron chi connectivity index (χ4n) is 4.76. The van der Waals surface area contributed by atoms with Crippen LogP contribution < -0.4 is 10.9 Å². The van der Waals surface area contributed by atoms with Crippen molar-refractivity contribution in [2.45, 2.75) is 39.3 Å². The van der Waals surface area contributed by atoms with Gasteiger partial charge in [-0.1, -0.05) is 54.1 Å². The van der Waals surface area contributed by atoms with Crippen molar-refractivity contribution in [3.05, 3.63) is 105 Å². The Morgan fingerprint density at radius 3 is 2.35 bits per heavy atom. The van der Waals surface area contributed by atoms with Crippen molar-refractivity contribution in [2.75, 3.05) is 14.1 Å². The largest absolute Gasteiger partial charge is 0.347 e. The minimum Gasteiger partial charge on any atom is -0.347 e. The van der Waals surface area contributed by atoms with Gasteiger partial charge in [-0.3, -0.25) is 14.9 Å². The highest BCUT2D eigenvalue weighted by molar-refractivity contribution is 5.81. The number of aromatic nitrogens is 5. The summed E-state index contributed by atoms with van der Waals surface area (Å²) < 4.78 is 3.19. The van der Waals surface area contributed by atoms with E-state index in [9.17, 15) is 9.59 Å². The minimum absolute atomic E-state index is 0.108. The van der Waals surface area contributed by atoms with Crippen molar-refractivity contribution >= 4 is 5.91 Å². The lowest BCUT2D eigenvalue weighted by Gasteiger charge is -2.27. The standard InChI is InChI=1S/C28H33N7O2/c1-18-15-19(2)25(20(3)16-18)35-26(30-31-32-35)24(22-13-10-14-34(6)27(22)36)29-23(28(37)33(4)5)17-21-11-8-7-9-12-21/h7-16,23-24,29H,17H2,1-6H3/t23-,24?/m1/s1. The Hall–Kier alpha value is -4.11. The number of rotatable bonds is 8. The summed E-state index contributed by atoms with van der Waals surface area (Å²) in [6.07, 6.45) is 2.14. The van der Waals surface area contributed by atoms with Crippen molar-refractivity contribution in [1.29, 1.82) is 0 Å². The number of carbonyl (C=O) groups is 1. The number of carbonyl (C=O) groups excluding carboxylic acids is 1. The zero-order chi connectivity index (χ0) is 26.7. The third-order valence-electron chi connectivity index (χ3n) is 6.45. The van der Waals surface area contributed by atoms with Gasteiger partial charge >= 0.3 is 0 Å². The second-order valence-electron chi connectivity index (χ2n) is 9.65. The molecule has 0 fully saturated rings. The summed E-state index contributed by atoms with van der Waals surface area (Å²) in [6, 6.07) is 16.1. The average Bonchev–Trinajstić information content (AvgIpc) is 3.32. The smallest absolute Gasteiger partial charge is 0.255 e. The second-order valence-corrected chi connectivity index (χ2v) is 9.65. The maximum atomic E-state index is 13.4. The number of pyridine rings is 1. The Kier molecular flexibility index (Phi) is 7.63. The molecule has 2 atom stereocenters. The molecule has 0 aliphatic heterocycles. The number of hydrogen-bond donors (Lipinski definition) is 1. The molecule has 0 aliphatic rings. The Morgan fingerprint density at radius 1 is 1.03 bits per heavy atom. The van der Waals surface area contributed by atoms with Crippen LogP contribution in [0.15, 0.2) is 65.6 Å². The van der Waals surface area contributed by atoms with E-state index in [1.54, 1.807) is 43.0 Å². The first-order valence-corrected chi connectivity index (χ1v) is 12.2. The van der Waals surface area contributed by atoms with Crippen LogP contribution in [0.2, 0.25) is 0 Å². The first-order valence-electron chi connectivity index (χ1n) is 12.2. The van der Waals surface area contributed by atoms with Gasteiger partial charge < -0.3 is 9.47 Å². The maximum Gasteiger partial charge on any atom is 0.255 e. The summed E-state index contributed by atoms with van der Waals surface area (Å²) in [4.78, 5) is 28.2. The molecular weight excluding hydrogens is 466 g/mol. The van der Waals surface area contributed by atoms with Gasteiger partial charge in [0.2, 0.25) is 5.91 Å². The molecule has 1 N–H and O–H groups in total. The number of tetrazole rings is 1. The number of amides is 1. The molecule has 0 saturated carbocycles. The van der Waals surface area contributed by atoms with Crippen LogP contribution in [0.3, 0.4) is 0 Å². The molecule has 1 unspecified atom stereocenters. The highest BCUT2D eigenvalue weighted by Crippen LogP contribution is 2.26. The molecular formula is C28H33N7O2. The van der Waals surface area contributed by atoms with Gasteiger partial charge in [0.15, 0.2) is 5.82 Å². The van der Waals surface area contributed by atoms with Crippen LogP contribution in [0.5, 0.6) is 0 Å². The first kappa shape index (κ1) is 26.0. The lowest BCUT2D eigenvalue weighted by Crippen LogP contribution is -2.48. The van der Waals surface area contributed by atoms with Crippen molar-refractivity contribution < 1.29 is 4.79 Å². The fraction of sp³-hybridized carbons (Fsp3) is 0.321. The van der Waals surface area contributed by atoms with Gasteiger partial charge in [-0.05, 0) is 60.4 Å². The molecule has 2 aromatic carbocycles. The van der Waals surface area contributed by atoms with E-state index in [-0.39, 0.29) is 11.5 Å². The van der Waals surface area contributed by atoms with E-state index in [0.29, 0.717) is 17.8 Å². The maximum absolute atomic E-state index is 13.4. The summed E-state index contributed by atoms with van der Waals surface area (Å²) in [7, 11) is 5.15. The normalized spacial score (nSPS) is 12.8. The van der Waals surface area contributed by atoms with Crippen LogP contribution in [-0.4, -0.2) is 55.7 Å². The molecule has 9 nitrogen and oxygen atoms in total. The Bertz CT molecular complexity index is 1430. The Morgan fingerprint density at radius 2 is 1.70 bits per heavy atom. The molecule has 2 aromatic heterocycles. The van der Waals surface area contributed by atoms with Crippen molar-refractivity contribution in [2.24, 2.45) is 7.05 Å². The highest BCUT2D eigenvalue weighted by atomic mass is 16.2. The van der Waals surface area contributed by atoms with Gasteiger partial charge in [-0.15, -0.1) is 5.10 Å². The van der Waals surface area contributed by atoms with Crippen molar-refractivity contribution in [3.8, 4) is 5.69 Å². The zero-order valence-corrected chi connectivity index (χ0v) is 22.1. The first-order chi connectivity index (χ1) is 17.7. The van der Waals surface area contributed by atoms with Crippen LogP contribution in [0.4, 0.5) is 0 Å². The summed E-state index contributed by atoms with van der Waals surface area (Å²) in [5.41, 5.74) is 5.27. The molecule has 9 heteroatoms. The van der Waals surface area contributed by atoms with Gasteiger partial charge in [0.1, 0.15) is 6.04 Å². The SMILES string of the molecule is Cc1cc(C)c(-n2nnnc2C(N[C@H](Cc2ccccc2)C(=O)N(C)C)c2cccn(C)c2=O)c(C)c1. The number of hydrogen-bond acceptors (Lipinski definition) is 6. The molecule has 0 spiro atoms. The van der Waals surface area contributed by atoms with E-state index in [1.165, 1.54) is 4.57 Å². The van der Waals surface area contributed by atoms with Crippen LogP contribution >= 0.6 is 0 Å². The van der Waals surface area contributed by atoms with Gasteiger partial charge in [0.05, 0.1) is 11.7 Å². The third-order valence-corrected chi connectivity index (χ3v) is 6.45. The van der Waals surface area contributed by atoms with E-state index in [2.05, 4.69) is 33.0 Å². The predicted octanol–water partition coefficient (Wildman–Crippen LogP) is 2.66. The molecule has 192 valence electrons. The van der Waals surface area contributed by atoms with Crippen LogP contribution in [-0.2, 0) is 18.3 Å². The molecule has 37 heavy (non-hydrogen) atoms. The van der Waals surface area contributed by atoms with Gasteiger partial charge in [-0.25, -0.2) is 0 Å². The zero-order valence-electron chi connectivity index (χ0n) is 22.1. The van der Waals surface area contributed by atoms with E-state index >= 15 is 0 Å². The summed E-state index contributed by atoms with van der Waals surface area (Å²) in [5.74, 6) is 0.325. The van der Waals surface area contributed by atoms with Gasteiger partial charge in [-0.2, -0.15) is 4.68 Å². The molecule has 2 heterocycles. The lowest BCUT2D eigenvalue weighted by atomic mass is 10.0. The number of benzene rings is 2. The van der Waals surface area contributed by atoms with E-state index in [0.717, 1.165) is 27.9 Å². The molecule has 1 amide bonds. The molecule has 0 bridgehead atoms. The summed E-state index contributed by atoms with van der Waals surface area (Å²) in [5, 5.41) is 16.1. The predicted molar refractivity (Wildman–Crippen MR) is 143 cm³/mol. The molecule has 0 saturated heterocycles. The average molecular weight is 500 g/mol. The highest BCUT2D eigenvalue weighted by Gasteiger charge is 2.31. The molecule has 0 aliphatic carbocycles. The fourth-order valence-corrected chi connectivity index (χ4v) is 4.76. The lowest BCUT2D eigenvalue weighted by molar-refractivity contribution is -0.131. The van der Waals surface area contributed by atoms with E-state index in [4.69, 9.17) is 0 Å². The quantitative estimate of drug-likeness (QED) is 0.400. The number of likely N-dealkylation sites (N-methyl/N-ethyl adjacent to an activating group) is 1. The van der Waals surface area contributed by atoms with E-state index < -0.39 is 12.1 Å². The number of nitrogens with zero attached hydrogens (tertiary/aromatic N) is 6. The van der Waals surface area contributed by atoms with Crippen LogP contribution in [0.1, 0.15) is 39.7 Å². The number of aryl methyl sites for hydroxylation is 4. The molecule has 4 aromatic rings. The van der Waals surface area contributed by atoms with Crippen molar-refractivity contribution in [3.63, 3.8) is 0 Å². The monoisotopic (exact) mass is 499 g/mol. The topological polar surface area (TPSA) is 97.9 Å². The van der Waals surface area contributed by atoms with Gasteiger partial charge in [0.25, 0.3) is 5.56 Å². The Balaban J connectivity index is 1.87. The van der Waals surface area contributed by atoms with Crippen molar-refractivity contribution in [1.82, 2.24) is 35.0 Å². The number of nitrogens with one attached hydrogen (secondary N) is 1.